The fourth-order valence-corrected chi connectivity index (χ4v) is 1.70. The average molecular weight is 193 g/mol. The number of hydrogen-bond acceptors (Lipinski definition) is 4. The summed E-state index contributed by atoms with van der Waals surface area (Å²) in [4.78, 5) is 2.07. The highest BCUT2D eigenvalue weighted by Crippen LogP contribution is 2.21. The molecule has 1 fully saturated rings. The quantitative estimate of drug-likeness (QED) is 0.709. The van der Waals surface area contributed by atoms with Crippen molar-refractivity contribution in [1.29, 1.82) is 0 Å². The third kappa shape index (κ3) is 1.70. The Morgan fingerprint density at radius 3 is 2.64 bits per heavy atom. The van der Waals surface area contributed by atoms with Crippen LogP contribution in [-0.2, 0) is 0 Å². The van der Waals surface area contributed by atoms with Gasteiger partial charge in [-0.2, -0.15) is 5.10 Å². The normalized spacial score (nSPS) is 26.9. The molecule has 0 amide bonds. The molecular formula is C10H15N3O. The second kappa shape index (κ2) is 3.53. The summed E-state index contributed by atoms with van der Waals surface area (Å²) in [5.41, 5.74) is 0.918. The minimum Gasteiger partial charge on any atom is -0.391 e. The zero-order chi connectivity index (χ0) is 10.1. The molecule has 2 heterocycles. The Bertz CT molecular complexity index is 302. The highest BCUT2D eigenvalue weighted by Gasteiger charge is 2.28. The lowest BCUT2D eigenvalue weighted by Gasteiger charge is -2.15. The van der Waals surface area contributed by atoms with Crippen LogP contribution in [0.4, 0.5) is 5.82 Å². The number of aryl methyl sites for hydroxylation is 1. The molecule has 2 atom stereocenters. The number of rotatable bonds is 1. The van der Waals surface area contributed by atoms with E-state index < -0.39 is 0 Å². The van der Waals surface area contributed by atoms with Gasteiger partial charge in [0.25, 0.3) is 0 Å². The van der Waals surface area contributed by atoms with Crippen LogP contribution in [0.5, 0.6) is 0 Å². The molecule has 0 saturated carbocycles. The van der Waals surface area contributed by atoms with Crippen LogP contribution in [0.25, 0.3) is 0 Å². The van der Waals surface area contributed by atoms with Crippen LogP contribution in [0.1, 0.15) is 12.6 Å². The number of aliphatic hydroxyl groups is 1. The fraction of sp³-hybridized carbons (Fsp3) is 0.600. The molecular weight excluding hydrogens is 178 g/mol. The van der Waals surface area contributed by atoms with Crippen molar-refractivity contribution in [1.82, 2.24) is 10.2 Å². The lowest BCUT2D eigenvalue weighted by Crippen LogP contribution is -2.22. The van der Waals surface area contributed by atoms with E-state index in [9.17, 15) is 5.11 Å². The second-order valence-corrected chi connectivity index (χ2v) is 3.98. The largest absolute Gasteiger partial charge is 0.391 e. The van der Waals surface area contributed by atoms with Gasteiger partial charge in [-0.05, 0) is 19.1 Å². The maximum absolute atomic E-state index is 9.59. The minimum absolute atomic E-state index is 0.238. The summed E-state index contributed by atoms with van der Waals surface area (Å²) in [7, 11) is 0. The molecule has 1 aliphatic rings. The Morgan fingerprint density at radius 2 is 2.14 bits per heavy atom. The van der Waals surface area contributed by atoms with E-state index in [2.05, 4.69) is 15.1 Å². The predicted octanol–water partition coefficient (Wildman–Crippen LogP) is 0.602. The number of aromatic nitrogens is 2. The molecule has 2 rings (SSSR count). The molecule has 0 aromatic carbocycles. The highest BCUT2D eigenvalue weighted by atomic mass is 16.3. The van der Waals surface area contributed by atoms with Crippen LogP contribution in [0.2, 0.25) is 0 Å². The first-order valence-corrected chi connectivity index (χ1v) is 4.90. The maximum Gasteiger partial charge on any atom is 0.151 e. The van der Waals surface area contributed by atoms with Gasteiger partial charge in [0.05, 0.1) is 11.8 Å². The Balaban J connectivity index is 2.13. The van der Waals surface area contributed by atoms with Gasteiger partial charge in [-0.3, -0.25) is 0 Å². The maximum atomic E-state index is 9.59. The molecule has 0 bridgehead atoms. The molecule has 76 valence electrons. The molecule has 0 aliphatic carbocycles. The van der Waals surface area contributed by atoms with Crippen molar-refractivity contribution in [2.24, 2.45) is 5.92 Å². The molecule has 1 aromatic rings. The first-order valence-electron chi connectivity index (χ1n) is 4.90. The van der Waals surface area contributed by atoms with Gasteiger partial charge in [-0.15, -0.1) is 5.10 Å². The van der Waals surface area contributed by atoms with Crippen LogP contribution < -0.4 is 4.90 Å². The molecule has 1 saturated heterocycles. The molecule has 14 heavy (non-hydrogen) atoms. The third-order valence-corrected chi connectivity index (χ3v) is 2.68. The van der Waals surface area contributed by atoms with E-state index in [0.29, 0.717) is 12.5 Å². The van der Waals surface area contributed by atoms with Crippen molar-refractivity contribution >= 4 is 5.82 Å². The van der Waals surface area contributed by atoms with Crippen LogP contribution in [-0.4, -0.2) is 34.5 Å². The van der Waals surface area contributed by atoms with Crippen molar-refractivity contribution in [2.75, 3.05) is 18.0 Å². The van der Waals surface area contributed by atoms with Gasteiger partial charge in [0.2, 0.25) is 0 Å². The zero-order valence-corrected chi connectivity index (χ0v) is 8.51. The van der Waals surface area contributed by atoms with Crippen molar-refractivity contribution in [3.8, 4) is 0 Å². The number of nitrogens with zero attached hydrogens (tertiary/aromatic N) is 3. The van der Waals surface area contributed by atoms with Crippen molar-refractivity contribution in [2.45, 2.75) is 20.0 Å². The van der Waals surface area contributed by atoms with Gasteiger partial charge in [0.15, 0.2) is 5.82 Å². The Kier molecular flexibility index (Phi) is 2.37. The average Bonchev–Trinajstić information content (AvgIpc) is 2.48. The number of aliphatic hydroxyl groups excluding tert-OH is 1. The van der Waals surface area contributed by atoms with Crippen molar-refractivity contribution in [3.63, 3.8) is 0 Å². The molecule has 4 heteroatoms. The van der Waals surface area contributed by atoms with Gasteiger partial charge < -0.3 is 10.0 Å². The second-order valence-electron chi connectivity index (χ2n) is 3.98. The highest BCUT2D eigenvalue weighted by molar-refractivity contribution is 5.39. The summed E-state index contributed by atoms with van der Waals surface area (Å²) in [6.07, 6.45) is -0.238. The Labute approximate surface area is 83.6 Å². The third-order valence-electron chi connectivity index (χ3n) is 2.68. The van der Waals surface area contributed by atoms with Crippen molar-refractivity contribution in [3.05, 3.63) is 17.8 Å². The fourth-order valence-electron chi connectivity index (χ4n) is 1.70. The van der Waals surface area contributed by atoms with Crippen LogP contribution in [0.3, 0.4) is 0 Å². The van der Waals surface area contributed by atoms with E-state index in [1.165, 1.54) is 0 Å². The first-order chi connectivity index (χ1) is 6.66. The number of anilines is 1. The summed E-state index contributed by atoms with van der Waals surface area (Å²) >= 11 is 0. The minimum atomic E-state index is -0.238. The van der Waals surface area contributed by atoms with E-state index >= 15 is 0 Å². The van der Waals surface area contributed by atoms with Crippen molar-refractivity contribution < 1.29 is 5.11 Å². The zero-order valence-electron chi connectivity index (χ0n) is 8.51. The summed E-state index contributed by atoms with van der Waals surface area (Å²) in [5.74, 6) is 1.18. The SMILES string of the molecule is Cc1ccc(N2CC(C)C(O)C2)nn1. The smallest absolute Gasteiger partial charge is 0.151 e. The molecule has 2 unspecified atom stereocenters. The summed E-state index contributed by atoms with van der Waals surface area (Å²) in [5, 5.41) is 17.7. The number of hydrogen-bond donors (Lipinski definition) is 1. The van der Waals surface area contributed by atoms with Gasteiger partial charge in [0.1, 0.15) is 0 Å². The van der Waals surface area contributed by atoms with E-state index in [-0.39, 0.29) is 6.10 Å². The molecule has 0 spiro atoms. The summed E-state index contributed by atoms with van der Waals surface area (Å²) in [6.45, 7) is 5.49. The molecule has 1 N–H and O–H groups in total. The lowest BCUT2D eigenvalue weighted by molar-refractivity contribution is 0.157. The van der Waals surface area contributed by atoms with E-state index in [1.54, 1.807) is 0 Å². The van der Waals surface area contributed by atoms with Gasteiger partial charge in [0, 0.05) is 19.0 Å². The topological polar surface area (TPSA) is 49.2 Å². The monoisotopic (exact) mass is 193 g/mol. The van der Waals surface area contributed by atoms with Gasteiger partial charge in [-0.25, -0.2) is 0 Å². The van der Waals surface area contributed by atoms with Crippen LogP contribution >= 0.6 is 0 Å². The standard InChI is InChI=1S/C10H15N3O/c1-7-5-13(6-9(7)14)10-4-3-8(2)11-12-10/h3-4,7,9,14H,5-6H2,1-2H3. The van der Waals surface area contributed by atoms with Crippen LogP contribution in [0, 0.1) is 12.8 Å². The molecule has 0 radical (unpaired) electrons. The van der Waals surface area contributed by atoms with E-state index in [0.717, 1.165) is 18.1 Å². The molecule has 4 nitrogen and oxygen atoms in total. The first kappa shape index (κ1) is 9.40. The Morgan fingerprint density at radius 1 is 1.36 bits per heavy atom. The predicted molar refractivity (Wildman–Crippen MR) is 54.2 cm³/mol. The Hall–Kier alpha value is -1.16. The van der Waals surface area contributed by atoms with Crippen LogP contribution in [0.15, 0.2) is 12.1 Å². The molecule has 1 aliphatic heterocycles. The van der Waals surface area contributed by atoms with Gasteiger partial charge in [-0.1, -0.05) is 6.92 Å². The lowest BCUT2D eigenvalue weighted by atomic mass is 10.1. The van der Waals surface area contributed by atoms with E-state index in [1.807, 2.05) is 26.0 Å². The van der Waals surface area contributed by atoms with Gasteiger partial charge >= 0.3 is 0 Å². The number of β-amino-alcohol motifs (C(OH)–C–C–N with tert-alkyl or cyclic N) is 1. The summed E-state index contributed by atoms with van der Waals surface area (Å²) in [6, 6.07) is 3.89. The van der Waals surface area contributed by atoms with E-state index in [4.69, 9.17) is 0 Å². The summed E-state index contributed by atoms with van der Waals surface area (Å²) < 4.78 is 0. The molecule has 1 aromatic heterocycles.